The maximum atomic E-state index is 12.7. The van der Waals surface area contributed by atoms with Gasteiger partial charge in [0.05, 0.1) is 12.5 Å². The topological polar surface area (TPSA) is 26.3 Å². The number of fused-ring (bicyclic) bond motifs is 5. The third kappa shape index (κ3) is 3.23. The molecule has 2 heteroatoms. The van der Waals surface area contributed by atoms with Crippen LogP contribution in [-0.2, 0) is 9.53 Å². The third-order valence-electron chi connectivity index (χ3n) is 6.84. The first kappa shape index (κ1) is 17.0. The highest BCUT2D eigenvalue weighted by Gasteiger charge is 2.59. The lowest BCUT2D eigenvalue weighted by molar-refractivity contribution is -0.153. The van der Waals surface area contributed by atoms with Crippen molar-refractivity contribution in [1.29, 1.82) is 0 Å². The summed E-state index contributed by atoms with van der Waals surface area (Å²) < 4.78 is 5.92. The average Bonchev–Trinajstić information content (AvgIpc) is 3.13. The van der Waals surface area contributed by atoms with Gasteiger partial charge in [0, 0.05) is 5.41 Å². The van der Waals surface area contributed by atoms with Crippen LogP contribution >= 0.6 is 0 Å². The van der Waals surface area contributed by atoms with Gasteiger partial charge in [-0.05, 0) is 68.6 Å². The molecule has 2 nitrogen and oxygen atoms in total. The Morgan fingerprint density at radius 2 is 2.04 bits per heavy atom. The summed E-state index contributed by atoms with van der Waals surface area (Å²) in [5, 5.41) is 0. The van der Waals surface area contributed by atoms with E-state index in [1.165, 1.54) is 38.5 Å². The molecule has 0 aromatic heterocycles. The van der Waals surface area contributed by atoms with Crippen LogP contribution in [0.2, 0.25) is 0 Å². The molecule has 2 bridgehead atoms. The Kier molecular flexibility index (Phi) is 4.40. The highest BCUT2D eigenvalue weighted by Crippen LogP contribution is 2.65. The van der Waals surface area contributed by atoms with Crippen LogP contribution in [0.5, 0.6) is 0 Å². The van der Waals surface area contributed by atoms with E-state index in [0.717, 1.165) is 29.7 Å². The fourth-order valence-electron chi connectivity index (χ4n) is 5.84. The summed E-state index contributed by atoms with van der Waals surface area (Å²) in [5.74, 6) is 2.51. The van der Waals surface area contributed by atoms with E-state index in [4.69, 9.17) is 4.74 Å². The minimum absolute atomic E-state index is 0.0355. The molecule has 0 aromatic carbocycles. The van der Waals surface area contributed by atoms with Crippen LogP contribution in [0, 0.1) is 34.5 Å². The quantitative estimate of drug-likeness (QED) is 0.503. The average molecular weight is 319 g/mol. The van der Waals surface area contributed by atoms with Gasteiger partial charge >= 0.3 is 5.97 Å². The molecular formula is C21H34O2. The number of ether oxygens (including phenoxy) is 1. The van der Waals surface area contributed by atoms with E-state index in [-0.39, 0.29) is 17.3 Å². The zero-order valence-corrected chi connectivity index (χ0v) is 15.5. The highest BCUT2D eigenvalue weighted by atomic mass is 16.5. The number of hydrogen-bond acceptors (Lipinski definition) is 2. The van der Waals surface area contributed by atoms with Crippen LogP contribution in [-0.4, -0.2) is 12.6 Å². The zero-order chi connectivity index (χ0) is 16.8. The van der Waals surface area contributed by atoms with Gasteiger partial charge in [0.2, 0.25) is 0 Å². The van der Waals surface area contributed by atoms with Crippen molar-refractivity contribution in [2.45, 2.75) is 72.6 Å². The summed E-state index contributed by atoms with van der Waals surface area (Å²) in [5.41, 5.74) is 1.38. The van der Waals surface area contributed by atoms with E-state index < -0.39 is 0 Å². The Morgan fingerprint density at radius 1 is 1.30 bits per heavy atom. The Bertz CT molecular complexity index is 487. The van der Waals surface area contributed by atoms with E-state index in [1.54, 1.807) is 0 Å². The maximum absolute atomic E-state index is 12.7. The van der Waals surface area contributed by atoms with Crippen molar-refractivity contribution in [3.05, 3.63) is 12.2 Å². The number of hydrogen-bond donors (Lipinski definition) is 0. The van der Waals surface area contributed by atoms with Gasteiger partial charge in [-0.3, -0.25) is 4.79 Å². The fraction of sp³-hybridized carbons (Fsp3) is 0.857. The standard InChI is InChI=1S/C21H34O2/c1-14(2)17(12-20(3,4)5)19(22)23-13-21-10-9-15(11-21)16-7-6-8-18(16)21/h15-18H,1,6-13H2,2-5H3. The zero-order valence-electron chi connectivity index (χ0n) is 15.5. The largest absolute Gasteiger partial charge is 0.465 e. The van der Waals surface area contributed by atoms with Gasteiger partial charge in [-0.2, -0.15) is 0 Å². The summed E-state index contributed by atoms with van der Waals surface area (Å²) in [4.78, 5) is 12.7. The second-order valence-corrected chi connectivity index (χ2v) is 9.84. The number of esters is 1. The van der Waals surface area contributed by atoms with Crippen molar-refractivity contribution in [3.8, 4) is 0 Å². The summed E-state index contributed by atoms with van der Waals surface area (Å²) in [6.45, 7) is 13.2. The molecule has 0 N–H and O–H groups in total. The molecule has 3 aliphatic rings. The minimum Gasteiger partial charge on any atom is -0.465 e. The van der Waals surface area contributed by atoms with Crippen molar-refractivity contribution >= 4 is 5.97 Å². The molecule has 0 radical (unpaired) electrons. The van der Waals surface area contributed by atoms with Crippen molar-refractivity contribution in [2.24, 2.45) is 34.5 Å². The van der Waals surface area contributed by atoms with E-state index in [1.807, 2.05) is 6.92 Å². The van der Waals surface area contributed by atoms with Crippen LogP contribution in [0.3, 0.4) is 0 Å². The second-order valence-electron chi connectivity index (χ2n) is 9.84. The van der Waals surface area contributed by atoms with Gasteiger partial charge < -0.3 is 4.74 Å². The molecule has 0 heterocycles. The molecule has 3 saturated carbocycles. The first-order chi connectivity index (χ1) is 10.7. The van der Waals surface area contributed by atoms with Crippen molar-refractivity contribution < 1.29 is 9.53 Å². The molecule has 0 spiro atoms. The summed E-state index contributed by atoms with van der Waals surface area (Å²) in [7, 11) is 0. The molecular weight excluding hydrogens is 284 g/mol. The van der Waals surface area contributed by atoms with Crippen molar-refractivity contribution in [2.75, 3.05) is 6.61 Å². The molecule has 0 saturated heterocycles. The molecule has 3 rings (SSSR count). The van der Waals surface area contributed by atoms with E-state index in [9.17, 15) is 4.79 Å². The van der Waals surface area contributed by atoms with Gasteiger partial charge in [0.15, 0.2) is 0 Å². The first-order valence-electron chi connectivity index (χ1n) is 9.54. The van der Waals surface area contributed by atoms with Crippen LogP contribution in [0.4, 0.5) is 0 Å². The second kappa shape index (κ2) is 5.93. The number of rotatable bonds is 5. The lowest BCUT2D eigenvalue weighted by atomic mass is 9.72. The lowest BCUT2D eigenvalue weighted by Gasteiger charge is -2.36. The van der Waals surface area contributed by atoms with Crippen molar-refractivity contribution in [1.82, 2.24) is 0 Å². The molecule has 5 atom stereocenters. The minimum atomic E-state index is -0.149. The Labute approximate surface area is 142 Å². The fourth-order valence-corrected chi connectivity index (χ4v) is 5.84. The van der Waals surface area contributed by atoms with Gasteiger partial charge in [-0.1, -0.05) is 39.3 Å². The normalized spacial score (nSPS) is 36.8. The lowest BCUT2D eigenvalue weighted by Crippen LogP contribution is -2.35. The number of carbonyl (C=O) groups excluding carboxylic acids is 1. The molecule has 3 aliphatic carbocycles. The Balaban J connectivity index is 1.63. The third-order valence-corrected chi connectivity index (χ3v) is 6.84. The van der Waals surface area contributed by atoms with E-state index in [0.29, 0.717) is 12.0 Å². The molecule has 5 unspecified atom stereocenters. The molecule has 23 heavy (non-hydrogen) atoms. The van der Waals surface area contributed by atoms with E-state index >= 15 is 0 Å². The predicted molar refractivity (Wildman–Crippen MR) is 93.9 cm³/mol. The van der Waals surface area contributed by atoms with Gasteiger partial charge in [-0.15, -0.1) is 0 Å². The molecule has 130 valence electrons. The van der Waals surface area contributed by atoms with Gasteiger partial charge in [0.25, 0.3) is 0 Å². The van der Waals surface area contributed by atoms with Crippen LogP contribution in [0.15, 0.2) is 12.2 Å². The highest BCUT2D eigenvalue weighted by molar-refractivity contribution is 5.75. The maximum Gasteiger partial charge on any atom is 0.313 e. The molecule has 0 aromatic rings. The molecule has 0 amide bonds. The van der Waals surface area contributed by atoms with Gasteiger partial charge in [-0.25, -0.2) is 0 Å². The predicted octanol–water partition coefficient (Wildman–Crippen LogP) is 5.37. The van der Waals surface area contributed by atoms with Crippen LogP contribution < -0.4 is 0 Å². The number of carbonyl (C=O) groups is 1. The van der Waals surface area contributed by atoms with E-state index in [2.05, 4.69) is 27.4 Å². The van der Waals surface area contributed by atoms with Crippen LogP contribution in [0.1, 0.15) is 72.6 Å². The first-order valence-corrected chi connectivity index (χ1v) is 9.54. The van der Waals surface area contributed by atoms with Crippen molar-refractivity contribution in [3.63, 3.8) is 0 Å². The molecule has 3 fully saturated rings. The van der Waals surface area contributed by atoms with Crippen LogP contribution in [0.25, 0.3) is 0 Å². The monoisotopic (exact) mass is 318 g/mol. The summed E-state index contributed by atoms with van der Waals surface area (Å²) >= 11 is 0. The summed E-state index contributed by atoms with van der Waals surface area (Å²) in [6.07, 6.45) is 8.96. The van der Waals surface area contributed by atoms with Gasteiger partial charge in [0.1, 0.15) is 0 Å². The Morgan fingerprint density at radius 3 is 2.70 bits per heavy atom. The summed E-state index contributed by atoms with van der Waals surface area (Å²) in [6, 6.07) is 0. The SMILES string of the molecule is C=C(C)C(CC(C)(C)C)C(=O)OCC12CCC(C1)C1CCCC12. The molecule has 0 aliphatic heterocycles. The smallest absolute Gasteiger partial charge is 0.313 e. The Hall–Kier alpha value is -0.790.